The molecule has 1 aliphatic rings. The minimum Gasteiger partial charge on any atom is -0.508 e. The van der Waals surface area contributed by atoms with E-state index in [4.69, 9.17) is 5.11 Å². The molecule has 0 spiro atoms. The number of hydrogen-bond acceptors (Lipinski definition) is 4. The van der Waals surface area contributed by atoms with Gasteiger partial charge >= 0.3 is 0 Å². The fraction of sp³-hybridized carbons (Fsp3) is 0.300. The zero-order valence-electron chi connectivity index (χ0n) is 7.73. The Labute approximate surface area is 87.2 Å². The van der Waals surface area contributed by atoms with Crippen LogP contribution in [0.4, 0.5) is 5.69 Å². The lowest BCUT2D eigenvalue weighted by Gasteiger charge is -2.12. The molecule has 0 aromatic heterocycles. The highest BCUT2D eigenvalue weighted by molar-refractivity contribution is 8.14. The lowest BCUT2D eigenvalue weighted by molar-refractivity contribution is 0.475. The Morgan fingerprint density at radius 2 is 2.07 bits per heavy atom. The number of hydrogen-bond donors (Lipinski definition) is 2. The number of nitrogens with one attached hydrogen (secondary N) is 1. The van der Waals surface area contributed by atoms with Gasteiger partial charge in [0.2, 0.25) is 0 Å². The van der Waals surface area contributed by atoms with Crippen LogP contribution in [0.2, 0.25) is 0 Å². The van der Waals surface area contributed by atoms with Gasteiger partial charge in [0.1, 0.15) is 5.75 Å². The molecule has 1 aromatic rings. The van der Waals surface area contributed by atoms with Crippen molar-refractivity contribution in [2.75, 3.05) is 17.6 Å². The predicted molar refractivity (Wildman–Crippen MR) is 61.1 cm³/mol. The summed E-state index contributed by atoms with van der Waals surface area (Å²) in [5.74, 6) is 1.41. The van der Waals surface area contributed by atoms with E-state index in [1.54, 1.807) is 23.9 Å². The van der Waals surface area contributed by atoms with Crippen LogP contribution in [0.25, 0.3) is 0 Å². The lowest BCUT2D eigenvalue weighted by atomic mass is 10.3. The first-order valence-corrected chi connectivity index (χ1v) is 5.56. The summed E-state index contributed by atoms with van der Waals surface area (Å²) in [6, 6.07) is 7.01. The first-order chi connectivity index (χ1) is 6.84. The molecule has 0 unspecified atom stereocenters. The van der Waals surface area contributed by atoms with Crippen molar-refractivity contribution < 1.29 is 5.11 Å². The van der Waals surface area contributed by atoms with E-state index in [9.17, 15) is 0 Å². The summed E-state index contributed by atoms with van der Waals surface area (Å²) in [6.45, 7) is 0.910. The van der Waals surface area contributed by atoms with Crippen LogP contribution >= 0.6 is 11.8 Å². The van der Waals surface area contributed by atoms with Gasteiger partial charge in [0.05, 0.1) is 0 Å². The number of benzene rings is 1. The molecule has 1 aromatic carbocycles. The number of aromatic hydroxyl groups is 1. The van der Waals surface area contributed by atoms with Crippen molar-refractivity contribution in [3.05, 3.63) is 24.3 Å². The number of aliphatic imine (C=N–C) groups is 1. The Bertz CT molecular complexity index is 334. The Morgan fingerprint density at radius 1 is 1.29 bits per heavy atom. The molecule has 2 rings (SSSR count). The number of phenolic OH excluding ortho intramolecular Hbond substituents is 1. The number of thioether (sulfide) groups is 1. The average molecular weight is 208 g/mol. The number of anilines is 1. The Balaban J connectivity index is 2.03. The van der Waals surface area contributed by atoms with Crippen LogP contribution in [-0.2, 0) is 0 Å². The second kappa shape index (κ2) is 4.37. The SMILES string of the molecule is Oc1ccc(NC2=NCCCS2)cc1. The van der Waals surface area contributed by atoms with Gasteiger partial charge in [0, 0.05) is 18.0 Å². The van der Waals surface area contributed by atoms with E-state index in [-0.39, 0.29) is 5.75 Å². The van der Waals surface area contributed by atoms with E-state index < -0.39 is 0 Å². The van der Waals surface area contributed by atoms with E-state index >= 15 is 0 Å². The highest BCUT2D eigenvalue weighted by atomic mass is 32.2. The van der Waals surface area contributed by atoms with Gasteiger partial charge in [0.15, 0.2) is 5.17 Å². The minimum atomic E-state index is 0.286. The van der Waals surface area contributed by atoms with E-state index in [1.807, 2.05) is 12.1 Å². The average Bonchev–Trinajstić information content (AvgIpc) is 2.23. The lowest BCUT2D eigenvalue weighted by Crippen LogP contribution is -2.13. The van der Waals surface area contributed by atoms with Crippen LogP contribution in [0, 0.1) is 0 Å². The van der Waals surface area contributed by atoms with Crippen LogP contribution in [0.3, 0.4) is 0 Å². The Kier molecular flexibility index (Phi) is 2.93. The minimum absolute atomic E-state index is 0.286. The van der Waals surface area contributed by atoms with Gasteiger partial charge in [-0.25, -0.2) is 0 Å². The molecular formula is C10H12N2OS. The molecule has 14 heavy (non-hydrogen) atoms. The molecule has 0 radical (unpaired) electrons. The summed E-state index contributed by atoms with van der Waals surface area (Å²) in [5.41, 5.74) is 0.968. The number of nitrogens with zero attached hydrogens (tertiary/aromatic N) is 1. The van der Waals surface area contributed by atoms with E-state index in [2.05, 4.69) is 10.3 Å². The first kappa shape index (κ1) is 9.40. The number of amidine groups is 1. The van der Waals surface area contributed by atoms with Crippen LogP contribution in [0.5, 0.6) is 5.75 Å². The summed E-state index contributed by atoms with van der Waals surface area (Å²) in [4.78, 5) is 4.35. The molecule has 2 N–H and O–H groups in total. The molecule has 1 heterocycles. The van der Waals surface area contributed by atoms with Crippen molar-refractivity contribution in [3.63, 3.8) is 0 Å². The van der Waals surface area contributed by atoms with Crippen molar-refractivity contribution >= 4 is 22.6 Å². The van der Waals surface area contributed by atoms with Gasteiger partial charge in [-0.15, -0.1) is 0 Å². The van der Waals surface area contributed by atoms with Gasteiger partial charge in [-0.1, -0.05) is 11.8 Å². The molecule has 0 atom stereocenters. The second-order valence-corrected chi connectivity index (χ2v) is 4.14. The molecule has 4 heteroatoms. The third-order valence-corrected chi connectivity index (χ3v) is 2.91. The maximum Gasteiger partial charge on any atom is 0.161 e. The van der Waals surface area contributed by atoms with Gasteiger partial charge in [-0.3, -0.25) is 4.99 Å². The van der Waals surface area contributed by atoms with Gasteiger partial charge in [0.25, 0.3) is 0 Å². The van der Waals surface area contributed by atoms with Gasteiger partial charge in [-0.2, -0.15) is 0 Å². The van der Waals surface area contributed by atoms with E-state index in [0.29, 0.717) is 0 Å². The molecular weight excluding hydrogens is 196 g/mol. The topological polar surface area (TPSA) is 44.6 Å². The van der Waals surface area contributed by atoms with Crippen LogP contribution in [0.1, 0.15) is 6.42 Å². The standard InChI is InChI=1S/C10H12N2OS/c13-9-4-2-8(3-5-9)12-10-11-6-1-7-14-10/h2-5,13H,1,6-7H2,(H,11,12). The van der Waals surface area contributed by atoms with Crippen molar-refractivity contribution in [1.29, 1.82) is 0 Å². The van der Waals surface area contributed by atoms with Gasteiger partial charge < -0.3 is 10.4 Å². The molecule has 3 nitrogen and oxygen atoms in total. The molecule has 0 aliphatic carbocycles. The normalized spacial score (nSPS) is 16.1. The monoisotopic (exact) mass is 208 g/mol. The Morgan fingerprint density at radius 3 is 2.71 bits per heavy atom. The highest BCUT2D eigenvalue weighted by Crippen LogP contribution is 2.18. The zero-order valence-corrected chi connectivity index (χ0v) is 8.55. The van der Waals surface area contributed by atoms with E-state index in [1.165, 1.54) is 0 Å². The molecule has 0 bridgehead atoms. The maximum atomic E-state index is 9.10. The quantitative estimate of drug-likeness (QED) is 0.696. The smallest absolute Gasteiger partial charge is 0.161 e. The highest BCUT2D eigenvalue weighted by Gasteiger charge is 2.05. The van der Waals surface area contributed by atoms with Crippen molar-refractivity contribution in [3.8, 4) is 5.75 Å². The van der Waals surface area contributed by atoms with Crippen molar-refractivity contribution in [2.24, 2.45) is 4.99 Å². The van der Waals surface area contributed by atoms with Crippen molar-refractivity contribution in [1.82, 2.24) is 0 Å². The van der Waals surface area contributed by atoms with Crippen LogP contribution < -0.4 is 5.32 Å². The third-order valence-electron chi connectivity index (χ3n) is 1.92. The number of phenols is 1. The predicted octanol–water partition coefficient (Wildman–Crippen LogP) is 2.30. The molecule has 0 amide bonds. The van der Waals surface area contributed by atoms with Crippen LogP contribution in [-0.4, -0.2) is 22.6 Å². The largest absolute Gasteiger partial charge is 0.508 e. The molecule has 74 valence electrons. The fourth-order valence-electron chi connectivity index (χ4n) is 1.20. The second-order valence-electron chi connectivity index (χ2n) is 3.06. The fourth-order valence-corrected chi connectivity index (χ4v) is 2.04. The summed E-state index contributed by atoms with van der Waals surface area (Å²) in [6.07, 6.45) is 1.16. The Hall–Kier alpha value is -1.16. The summed E-state index contributed by atoms with van der Waals surface area (Å²) < 4.78 is 0. The maximum absolute atomic E-state index is 9.10. The summed E-state index contributed by atoms with van der Waals surface area (Å²) in [7, 11) is 0. The van der Waals surface area contributed by atoms with E-state index in [0.717, 1.165) is 29.6 Å². The third kappa shape index (κ3) is 2.42. The van der Waals surface area contributed by atoms with Crippen molar-refractivity contribution in [2.45, 2.75) is 6.42 Å². The first-order valence-electron chi connectivity index (χ1n) is 4.58. The zero-order chi connectivity index (χ0) is 9.80. The summed E-state index contributed by atoms with van der Waals surface area (Å²) in [5, 5.41) is 13.3. The molecule has 0 fully saturated rings. The molecule has 1 aliphatic heterocycles. The van der Waals surface area contributed by atoms with Crippen LogP contribution in [0.15, 0.2) is 29.3 Å². The summed E-state index contributed by atoms with van der Waals surface area (Å²) >= 11 is 1.74. The van der Waals surface area contributed by atoms with Gasteiger partial charge in [-0.05, 0) is 30.7 Å². The molecule has 0 saturated heterocycles. The molecule has 0 saturated carbocycles. The number of rotatable bonds is 1.